The van der Waals surface area contributed by atoms with Crippen LogP contribution in [0.15, 0.2) is 29.4 Å². The van der Waals surface area contributed by atoms with Crippen LogP contribution in [0.4, 0.5) is 5.69 Å². The molecule has 20 heavy (non-hydrogen) atoms. The van der Waals surface area contributed by atoms with Crippen LogP contribution < -0.4 is 15.5 Å². The van der Waals surface area contributed by atoms with Crippen molar-refractivity contribution in [2.45, 2.75) is 26.2 Å². The third-order valence-corrected chi connectivity index (χ3v) is 3.51. The van der Waals surface area contributed by atoms with E-state index in [0.717, 1.165) is 25.0 Å². The average molecular weight is 275 g/mol. The molecule has 2 N–H and O–H groups in total. The lowest BCUT2D eigenvalue weighted by Gasteiger charge is -2.16. The molecular weight excluding hydrogens is 254 g/mol. The maximum Gasteiger partial charge on any atom is 0.256 e. The second-order valence-corrected chi connectivity index (χ2v) is 4.75. The molecule has 0 aliphatic carbocycles. The summed E-state index contributed by atoms with van der Waals surface area (Å²) in [6.07, 6.45) is 2.36. The normalized spacial score (nSPS) is 18.4. The number of benzene rings is 1. The smallest absolute Gasteiger partial charge is 0.256 e. The standard InChI is InChI=1S/C15H21N3O2/c1-3-12-11(7-6-10-16)15(19)18(17-12)13-8-4-5-9-14(13)20-2/h4-5,8-9,11H,3,6-7,10,16H2,1-2H3. The zero-order chi connectivity index (χ0) is 14.5. The Labute approximate surface area is 119 Å². The minimum Gasteiger partial charge on any atom is -0.494 e. The number of carbonyl (C=O) groups excluding carboxylic acids is 1. The van der Waals surface area contributed by atoms with Gasteiger partial charge < -0.3 is 10.5 Å². The minimum atomic E-state index is -0.145. The molecule has 0 aromatic heterocycles. The van der Waals surface area contributed by atoms with Crippen LogP contribution in [0, 0.1) is 5.92 Å². The third kappa shape index (κ3) is 2.67. The van der Waals surface area contributed by atoms with Crippen LogP contribution in [0.5, 0.6) is 5.75 Å². The highest BCUT2D eigenvalue weighted by Gasteiger charge is 2.36. The van der Waals surface area contributed by atoms with E-state index in [-0.39, 0.29) is 11.8 Å². The van der Waals surface area contributed by atoms with Gasteiger partial charge in [-0.1, -0.05) is 19.1 Å². The van der Waals surface area contributed by atoms with Crippen molar-refractivity contribution in [3.63, 3.8) is 0 Å². The van der Waals surface area contributed by atoms with Crippen molar-refractivity contribution in [2.24, 2.45) is 16.8 Å². The van der Waals surface area contributed by atoms with Gasteiger partial charge in [-0.05, 0) is 37.9 Å². The Kier molecular flexibility index (Phi) is 4.74. The van der Waals surface area contributed by atoms with E-state index in [1.54, 1.807) is 7.11 Å². The fraction of sp³-hybridized carbons (Fsp3) is 0.467. The molecule has 1 amide bonds. The SMILES string of the molecule is CCC1=NN(c2ccccc2OC)C(=O)C1CCCN. The van der Waals surface area contributed by atoms with Gasteiger partial charge in [-0.2, -0.15) is 10.1 Å². The monoisotopic (exact) mass is 275 g/mol. The van der Waals surface area contributed by atoms with Crippen molar-refractivity contribution < 1.29 is 9.53 Å². The maximum absolute atomic E-state index is 12.6. The fourth-order valence-corrected chi connectivity index (χ4v) is 2.44. The summed E-state index contributed by atoms with van der Waals surface area (Å²) < 4.78 is 5.31. The van der Waals surface area contributed by atoms with E-state index in [9.17, 15) is 4.79 Å². The number of nitrogens with two attached hydrogens (primary N) is 1. The molecule has 5 nitrogen and oxygen atoms in total. The Morgan fingerprint density at radius 2 is 2.15 bits per heavy atom. The van der Waals surface area contributed by atoms with E-state index in [1.165, 1.54) is 5.01 Å². The molecule has 108 valence electrons. The molecule has 1 atom stereocenters. The van der Waals surface area contributed by atoms with Crippen LogP contribution >= 0.6 is 0 Å². The summed E-state index contributed by atoms with van der Waals surface area (Å²) in [6.45, 7) is 2.61. The predicted octanol–water partition coefficient (Wildman–Crippen LogP) is 2.16. The number of hydrogen-bond acceptors (Lipinski definition) is 4. The van der Waals surface area contributed by atoms with E-state index in [2.05, 4.69) is 5.10 Å². The first kappa shape index (κ1) is 14.5. The molecule has 1 aliphatic heterocycles. The topological polar surface area (TPSA) is 67.9 Å². The average Bonchev–Trinajstić information content (AvgIpc) is 2.81. The van der Waals surface area contributed by atoms with Crippen molar-refractivity contribution in [1.82, 2.24) is 0 Å². The number of methoxy groups -OCH3 is 1. The lowest BCUT2D eigenvalue weighted by Crippen LogP contribution is -2.28. The zero-order valence-corrected chi connectivity index (χ0v) is 12.0. The van der Waals surface area contributed by atoms with Crippen LogP contribution in [0.1, 0.15) is 26.2 Å². The third-order valence-electron chi connectivity index (χ3n) is 3.51. The van der Waals surface area contributed by atoms with Crippen LogP contribution in [-0.2, 0) is 4.79 Å². The largest absolute Gasteiger partial charge is 0.494 e. The second-order valence-electron chi connectivity index (χ2n) is 4.75. The molecule has 1 aromatic carbocycles. The van der Waals surface area contributed by atoms with Crippen LogP contribution in [-0.4, -0.2) is 25.3 Å². The van der Waals surface area contributed by atoms with Crippen molar-refractivity contribution in [1.29, 1.82) is 0 Å². The molecule has 1 heterocycles. The van der Waals surface area contributed by atoms with Crippen molar-refractivity contribution in [3.05, 3.63) is 24.3 Å². The highest BCUT2D eigenvalue weighted by molar-refractivity contribution is 6.15. The van der Waals surface area contributed by atoms with E-state index in [0.29, 0.717) is 18.0 Å². The summed E-state index contributed by atoms with van der Waals surface area (Å²) in [5.41, 5.74) is 7.17. The van der Waals surface area contributed by atoms with Gasteiger partial charge in [0.15, 0.2) is 0 Å². The van der Waals surface area contributed by atoms with E-state index >= 15 is 0 Å². The minimum absolute atomic E-state index is 0.0137. The molecule has 0 saturated heterocycles. The fourth-order valence-electron chi connectivity index (χ4n) is 2.44. The highest BCUT2D eigenvalue weighted by atomic mass is 16.5. The number of anilines is 1. The Bertz CT molecular complexity index is 514. The Morgan fingerprint density at radius 3 is 2.80 bits per heavy atom. The Morgan fingerprint density at radius 1 is 1.40 bits per heavy atom. The number of carbonyl (C=O) groups is 1. The van der Waals surface area contributed by atoms with Gasteiger partial charge in [-0.3, -0.25) is 4.79 Å². The van der Waals surface area contributed by atoms with Crippen LogP contribution in [0.3, 0.4) is 0 Å². The van der Waals surface area contributed by atoms with E-state index < -0.39 is 0 Å². The number of nitrogens with zero attached hydrogens (tertiary/aromatic N) is 2. The molecule has 5 heteroatoms. The molecule has 0 fully saturated rings. The lowest BCUT2D eigenvalue weighted by atomic mass is 9.96. The second kappa shape index (κ2) is 6.52. The summed E-state index contributed by atoms with van der Waals surface area (Å²) in [4.78, 5) is 12.6. The van der Waals surface area contributed by atoms with Gasteiger partial charge in [0.2, 0.25) is 0 Å². The maximum atomic E-state index is 12.6. The first-order valence-electron chi connectivity index (χ1n) is 6.97. The van der Waals surface area contributed by atoms with Crippen molar-refractivity contribution in [2.75, 3.05) is 18.7 Å². The molecule has 2 rings (SSSR count). The first-order chi connectivity index (χ1) is 9.72. The number of hydrogen-bond donors (Lipinski definition) is 1. The van der Waals surface area contributed by atoms with Gasteiger partial charge >= 0.3 is 0 Å². The molecule has 0 spiro atoms. The van der Waals surface area contributed by atoms with E-state index in [1.807, 2.05) is 31.2 Å². The number of rotatable bonds is 6. The molecule has 1 aliphatic rings. The Balaban J connectivity index is 2.29. The van der Waals surface area contributed by atoms with Crippen molar-refractivity contribution >= 4 is 17.3 Å². The van der Waals surface area contributed by atoms with E-state index in [4.69, 9.17) is 10.5 Å². The molecule has 1 unspecified atom stereocenters. The van der Waals surface area contributed by atoms with Gasteiger partial charge in [-0.15, -0.1) is 0 Å². The summed E-state index contributed by atoms with van der Waals surface area (Å²) in [6, 6.07) is 7.43. The number of para-hydroxylation sites is 2. The summed E-state index contributed by atoms with van der Waals surface area (Å²) in [5, 5.41) is 5.95. The highest BCUT2D eigenvalue weighted by Crippen LogP contribution is 2.33. The van der Waals surface area contributed by atoms with Crippen LogP contribution in [0.2, 0.25) is 0 Å². The molecular formula is C15H21N3O2. The van der Waals surface area contributed by atoms with Gasteiger partial charge in [-0.25, -0.2) is 0 Å². The molecule has 0 bridgehead atoms. The summed E-state index contributed by atoms with van der Waals surface area (Å²) in [7, 11) is 1.59. The van der Waals surface area contributed by atoms with Gasteiger partial charge in [0, 0.05) is 0 Å². The van der Waals surface area contributed by atoms with Crippen molar-refractivity contribution in [3.8, 4) is 5.75 Å². The summed E-state index contributed by atoms with van der Waals surface area (Å²) >= 11 is 0. The number of hydrazone groups is 1. The van der Waals surface area contributed by atoms with Gasteiger partial charge in [0.25, 0.3) is 5.91 Å². The molecule has 0 saturated carbocycles. The number of ether oxygens (including phenoxy) is 1. The summed E-state index contributed by atoms with van der Waals surface area (Å²) in [5.74, 6) is 0.521. The van der Waals surface area contributed by atoms with Crippen LogP contribution in [0.25, 0.3) is 0 Å². The van der Waals surface area contributed by atoms with Gasteiger partial charge in [0.05, 0.1) is 18.7 Å². The first-order valence-corrected chi connectivity index (χ1v) is 6.97. The molecule has 0 radical (unpaired) electrons. The quantitative estimate of drug-likeness (QED) is 0.865. The molecule has 1 aromatic rings. The Hall–Kier alpha value is -1.88. The zero-order valence-electron chi connectivity index (χ0n) is 12.0. The lowest BCUT2D eigenvalue weighted by molar-refractivity contribution is -0.119. The van der Waals surface area contributed by atoms with Gasteiger partial charge in [0.1, 0.15) is 11.4 Å². The predicted molar refractivity (Wildman–Crippen MR) is 80.0 cm³/mol. The number of amides is 1.